The van der Waals surface area contributed by atoms with Crippen molar-refractivity contribution in [3.05, 3.63) is 59.7 Å². The van der Waals surface area contributed by atoms with Crippen molar-refractivity contribution in [3.63, 3.8) is 0 Å². The molecule has 0 aromatic heterocycles. The number of ether oxygens (including phenoxy) is 1. The fourth-order valence-electron chi connectivity index (χ4n) is 3.69. The van der Waals surface area contributed by atoms with Crippen LogP contribution < -0.4 is 14.4 Å². The second-order valence-electron chi connectivity index (χ2n) is 8.66. The van der Waals surface area contributed by atoms with Gasteiger partial charge in [-0.25, -0.2) is 8.42 Å². The number of benzene rings is 2. The van der Waals surface area contributed by atoms with Crippen molar-refractivity contribution in [2.45, 2.75) is 59.2 Å². The Morgan fingerprint density at radius 1 is 1.03 bits per heavy atom. The smallest absolute Gasteiger partial charge is 0.244 e. The lowest BCUT2D eigenvalue weighted by Crippen LogP contribution is -2.53. The summed E-state index contributed by atoms with van der Waals surface area (Å²) in [7, 11) is -2.26. The van der Waals surface area contributed by atoms with E-state index < -0.39 is 28.5 Å². The SMILES string of the molecule is CC[C@H](C(=O)N[C@@H](C)CC)N(Cc1ccccc1C)C(=O)CN(c1ccc(OC)cc1)S(C)(=O)=O. The normalized spacial score (nSPS) is 13.0. The lowest BCUT2D eigenvalue weighted by molar-refractivity contribution is -0.140. The van der Waals surface area contributed by atoms with E-state index in [9.17, 15) is 18.0 Å². The van der Waals surface area contributed by atoms with Crippen LogP contribution >= 0.6 is 0 Å². The number of aryl methyl sites for hydroxylation is 1. The number of sulfonamides is 1. The summed E-state index contributed by atoms with van der Waals surface area (Å²) in [6, 6.07) is 13.3. The van der Waals surface area contributed by atoms with E-state index >= 15 is 0 Å². The molecule has 0 heterocycles. The first-order chi connectivity index (χ1) is 16.5. The summed E-state index contributed by atoms with van der Waals surface area (Å²) in [4.78, 5) is 28.3. The molecule has 0 saturated carbocycles. The number of methoxy groups -OCH3 is 1. The van der Waals surface area contributed by atoms with Crippen molar-refractivity contribution >= 4 is 27.5 Å². The molecule has 8 nitrogen and oxygen atoms in total. The maximum absolute atomic E-state index is 13.7. The maximum Gasteiger partial charge on any atom is 0.244 e. The van der Waals surface area contributed by atoms with Crippen LogP contribution in [0.15, 0.2) is 48.5 Å². The van der Waals surface area contributed by atoms with Crippen LogP contribution in [0.5, 0.6) is 5.75 Å². The van der Waals surface area contributed by atoms with E-state index in [0.29, 0.717) is 17.9 Å². The quantitative estimate of drug-likeness (QED) is 0.478. The summed E-state index contributed by atoms with van der Waals surface area (Å²) >= 11 is 0. The summed E-state index contributed by atoms with van der Waals surface area (Å²) in [5.41, 5.74) is 2.22. The highest BCUT2D eigenvalue weighted by molar-refractivity contribution is 7.92. The number of carbonyl (C=O) groups excluding carboxylic acids is 2. The second-order valence-corrected chi connectivity index (χ2v) is 10.6. The number of amides is 2. The highest BCUT2D eigenvalue weighted by Gasteiger charge is 2.32. The molecule has 0 aliphatic heterocycles. The van der Waals surface area contributed by atoms with Crippen molar-refractivity contribution in [3.8, 4) is 5.75 Å². The first-order valence-electron chi connectivity index (χ1n) is 11.8. The Balaban J connectivity index is 2.44. The van der Waals surface area contributed by atoms with Crippen LogP contribution in [0.4, 0.5) is 5.69 Å². The second kappa shape index (κ2) is 12.6. The summed E-state index contributed by atoms with van der Waals surface area (Å²) in [5.74, 6) is -0.137. The van der Waals surface area contributed by atoms with E-state index in [1.165, 1.54) is 12.0 Å². The molecule has 0 bridgehead atoms. The monoisotopic (exact) mass is 503 g/mol. The molecule has 2 aromatic rings. The third-order valence-corrected chi connectivity index (χ3v) is 7.17. The Kier molecular flexibility index (Phi) is 10.1. The minimum absolute atomic E-state index is 0.0428. The molecule has 192 valence electrons. The van der Waals surface area contributed by atoms with E-state index in [1.807, 2.05) is 52.0 Å². The van der Waals surface area contributed by atoms with Gasteiger partial charge in [-0.3, -0.25) is 13.9 Å². The molecular weight excluding hydrogens is 466 g/mol. The van der Waals surface area contributed by atoms with Gasteiger partial charge in [-0.1, -0.05) is 38.1 Å². The molecule has 2 rings (SSSR count). The molecule has 2 atom stereocenters. The predicted molar refractivity (Wildman–Crippen MR) is 139 cm³/mol. The van der Waals surface area contributed by atoms with Crippen LogP contribution in [0, 0.1) is 6.92 Å². The van der Waals surface area contributed by atoms with Crippen LogP contribution in [0.25, 0.3) is 0 Å². The third-order valence-electron chi connectivity index (χ3n) is 6.03. The minimum atomic E-state index is -3.78. The Hall–Kier alpha value is -3.07. The fourth-order valence-corrected chi connectivity index (χ4v) is 4.54. The Labute approximate surface area is 209 Å². The van der Waals surface area contributed by atoms with Crippen molar-refractivity contribution in [1.29, 1.82) is 0 Å². The van der Waals surface area contributed by atoms with E-state index in [1.54, 1.807) is 24.3 Å². The van der Waals surface area contributed by atoms with Crippen molar-refractivity contribution in [2.24, 2.45) is 0 Å². The molecule has 2 amide bonds. The fraction of sp³-hybridized carbons (Fsp3) is 0.462. The lowest BCUT2D eigenvalue weighted by Gasteiger charge is -2.33. The zero-order valence-electron chi connectivity index (χ0n) is 21.4. The van der Waals surface area contributed by atoms with Gasteiger partial charge in [0, 0.05) is 12.6 Å². The van der Waals surface area contributed by atoms with Gasteiger partial charge in [0.25, 0.3) is 0 Å². The standard InChI is InChI=1S/C26H37N3O5S/c1-7-20(4)27-26(31)24(8-2)28(17-21-12-10-9-11-19(21)3)25(30)18-29(35(6,32)33)22-13-15-23(34-5)16-14-22/h9-16,20,24H,7-8,17-18H2,1-6H3,(H,27,31)/t20-,24+/m0/s1. The average Bonchev–Trinajstić information content (AvgIpc) is 2.82. The van der Waals surface area contributed by atoms with Crippen molar-refractivity contribution < 1.29 is 22.7 Å². The number of anilines is 1. The van der Waals surface area contributed by atoms with Gasteiger partial charge in [0.05, 0.1) is 19.1 Å². The number of rotatable bonds is 12. The first kappa shape index (κ1) is 28.2. The maximum atomic E-state index is 13.7. The summed E-state index contributed by atoms with van der Waals surface area (Å²) < 4.78 is 31.5. The molecule has 0 aliphatic carbocycles. The molecule has 0 unspecified atom stereocenters. The topological polar surface area (TPSA) is 96.0 Å². The van der Waals surface area contributed by atoms with Gasteiger partial charge in [0.2, 0.25) is 21.8 Å². The predicted octanol–water partition coefficient (Wildman–Crippen LogP) is 3.49. The number of carbonyl (C=O) groups is 2. The van der Waals surface area contributed by atoms with Crippen molar-refractivity contribution in [2.75, 3.05) is 24.2 Å². The van der Waals surface area contributed by atoms with Gasteiger partial charge >= 0.3 is 0 Å². The number of hydrogen-bond acceptors (Lipinski definition) is 5. The molecule has 9 heteroatoms. The van der Waals surface area contributed by atoms with Crippen LogP contribution in [-0.2, 0) is 26.2 Å². The molecule has 0 aliphatic rings. The van der Waals surface area contributed by atoms with E-state index in [4.69, 9.17) is 4.74 Å². The largest absolute Gasteiger partial charge is 0.497 e. The van der Waals surface area contributed by atoms with Crippen LogP contribution in [0.2, 0.25) is 0 Å². The molecule has 0 saturated heterocycles. The van der Waals surface area contributed by atoms with Gasteiger partial charge in [-0.2, -0.15) is 0 Å². The Morgan fingerprint density at radius 2 is 1.66 bits per heavy atom. The van der Waals surface area contributed by atoms with Gasteiger partial charge in [0.15, 0.2) is 0 Å². The van der Waals surface area contributed by atoms with Gasteiger partial charge in [-0.05, 0) is 62.1 Å². The lowest BCUT2D eigenvalue weighted by atomic mass is 10.1. The highest BCUT2D eigenvalue weighted by atomic mass is 32.2. The third kappa shape index (κ3) is 7.71. The number of nitrogens with zero attached hydrogens (tertiary/aromatic N) is 2. The Bertz CT molecular complexity index is 1100. The summed E-state index contributed by atoms with van der Waals surface area (Å²) in [6.07, 6.45) is 2.21. The minimum Gasteiger partial charge on any atom is -0.497 e. The van der Waals surface area contributed by atoms with Crippen LogP contribution in [-0.4, -0.2) is 57.1 Å². The Morgan fingerprint density at radius 3 is 2.17 bits per heavy atom. The molecular formula is C26H37N3O5S. The van der Waals surface area contributed by atoms with E-state index in [2.05, 4.69) is 5.32 Å². The van der Waals surface area contributed by atoms with Crippen LogP contribution in [0.1, 0.15) is 44.7 Å². The summed E-state index contributed by atoms with van der Waals surface area (Å²) in [6.45, 7) is 7.44. The molecule has 0 radical (unpaired) electrons. The number of hydrogen-bond donors (Lipinski definition) is 1. The van der Waals surface area contributed by atoms with E-state index in [0.717, 1.165) is 28.1 Å². The van der Waals surface area contributed by atoms with Crippen LogP contribution in [0.3, 0.4) is 0 Å². The zero-order valence-corrected chi connectivity index (χ0v) is 22.3. The van der Waals surface area contributed by atoms with Gasteiger partial charge in [-0.15, -0.1) is 0 Å². The molecule has 1 N–H and O–H groups in total. The summed E-state index contributed by atoms with van der Waals surface area (Å²) in [5, 5.41) is 2.97. The zero-order chi connectivity index (χ0) is 26.2. The van der Waals surface area contributed by atoms with Gasteiger partial charge < -0.3 is 15.0 Å². The number of nitrogens with one attached hydrogen (secondary N) is 1. The van der Waals surface area contributed by atoms with Crippen molar-refractivity contribution in [1.82, 2.24) is 10.2 Å². The molecule has 0 fully saturated rings. The molecule has 35 heavy (non-hydrogen) atoms. The molecule has 2 aromatic carbocycles. The first-order valence-corrected chi connectivity index (χ1v) is 13.6. The highest BCUT2D eigenvalue weighted by Crippen LogP contribution is 2.23. The van der Waals surface area contributed by atoms with Gasteiger partial charge in [0.1, 0.15) is 18.3 Å². The average molecular weight is 504 g/mol. The van der Waals surface area contributed by atoms with E-state index in [-0.39, 0.29) is 18.5 Å². The molecule has 0 spiro atoms.